The zero-order valence-corrected chi connectivity index (χ0v) is 14.4. The van der Waals surface area contributed by atoms with Crippen LogP contribution in [0.3, 0.4) is 0 Å². The molecule has 1 saturated heterocycles. The second-order valence-electron chi connectivity index (χ2n) is 6.57. The molecule has 3 heterocycles. The van der Waals surface area contributed by atoms with Crippen molar-refractivity contribution in [2.24, 2.45) is 4.99 Å². The van der Waals surface area contributed by atoms with Crippen LogP contribution in [0.4, 0.5) is 5.69 Å². The zero-order valence-electron chi connectivity index (χ0n) is 14.4. The predicted octanol–water partition coefficient (Wildman–Crippen LogP) is 2.80. The van der Waals surface area contributed by atoms with E-state index in [2.05, 4.69) is 63.7 Å². The summed E-state index contributed by atoms with van der Waals surface area (Å²) in [4.78, 5) is 13.7. The Bertz CT molecular complexity index is 756. The summed E-state index contributed by atoms with van der Waals surface area (Å²) in [6.07, 6.45) is 9.00. The Balaban J connectivity index is 1.46. The van der Waals surface area contributed by atoms with Gasteiger partial charge in [-0.3, -0.25) is 9.88 Å². The first-order valence-corrected chi connectivity index (χ1v) is 8.73. The van der Waals surface area contributed by atoms with E-state index in [1.807, 2.05) is 30.6 Å². The van der Waals surface area contributed by atoms with Crippen LogP contribution >= 0.6 is 0 Å². The molecule has 1 unspecified atom stereocenters. The summed E-state index contributed by atoms with van der Waals surface area (Å²) in [7, 11) is 2.09. The molecule has 1 aromatic heterocycles. The molecule has 0 spiro atoms. The van der Waals surface area contributed by atoms with E-state index in [1.54, 1.807) is 0 Å². The minimum atomic E-state index is 0.0516. The number of anilines is 1. The summed E-state index contributed by atoms with van der Waals surface area (Å²) in [6, 6.07) is 14.9. The number of hydrogen-bond donors (Lipinski definition) is 1. The fourth-order valence-electron chi connectivity index (χ4n) is 3.44. The lowest BCUT2D eigenvalue weighted by molar-refractivity contribution is 0.124. The molecule has 2 aromatic rings. The molecule has 0 bridgehead atoms. The molecule has 1 aromatic carbocycles. The summed E-state index contributed by atoms with van der Waals surface area (Å²) >= 11 is 0. The first-order valence-electron chi connectivity index (χ1n) is 8.73. The van der Waals surface area contributed by atoms with Crippen LogP contribution in [-0.2, 0) is 0 Å². The fraction of sp³-hybridized carbons (Fsp3) is 0.300. The van der Waals surface area contributed by atoms with Crippen LogP contribution < -0.4 is 5.32 Å². The molecule has 0 saturated carbocycles. The zero-order chi connectivity index (χ0) is 17.1. The molecule has 128 valence electrons. The van der Waals surface area contributed by atoms with Gasteiger partial charge in [-0.05, 0) is 36.8 Å². The van der Waals surface area contributed by atoms with Gasteiger partial charge < -0.3 is 10.2 Å². The first-order chi connectivity index (χ1) is 12.3. The molecular weight excluding hydrogens is 310 g/mol. The Morgan fingerprint density at radius 3 is 2.68 bits per heavy atom. The molecule has 25 heavy (non-hydrogen) atoms. The van der Waals surface area contributed by atoms with Crippen LogP contribution in [0.5, 0.6) is 0 Å². The monoisotopic (exact) mass is 333 g/mol. The van der Waals surface area contributed by atoms with E-state index >= 15 is 0 Å². The third kappa shape index (κ3) is 3.56. The van der Waals surface area contributed by atoms with Crippen LogP contribution in [-0.4, -0.2) is 53.0 Å². The van der Waals surface area contributed by atoms with Crippen LogP contribution in [0.25, 0.3) is 0 Å². The lowest BCUT2D eigenvalue weighted by atomic mass is 10.1. The van der Waals surface area contributed by atoms with Crippen molar-refractivity contribution in [3.8, 4) is 0 Å². The van der Waals surface area contributed by atoms with Gasteiger partial charge in [-0.2, -0.15) is 0 Å². The van der Waals surface area contributed by atoms with Gasteiger partial charge >= 0.3 is 0 Å². The van der Waals surface area contributed by atoms with Crippen LogP contribution in [0, 0.1) is 0 Å². The van der Waals surface area contributed by atoms with Crippen molar-refractivity contribution < 1.29 is 0 Å². The third-order valence-electron chi connectivity index (χ3n) is 4.75. The van der Waals surface area contributed by atoms with E-state index in [9.17, 15) is 0 Å². The summed E-state index contributed by atoms with van der Waals surface area (Å²) in [6.45, 7) is 2.03. The van der Waals surface area contributed by atoms with E-state index in [4.69, 9.17) is 4.99 Å². The number of benzene rings is 1. The van der Waals surface area contributed by atoms with Gasteiger partial charge in [-0.1, -0.05) is 18.2 Å². The topological polar surface area (TPSA) is 43.8 Å². The highest BCUT2D eigenvalue weighted by Crippen LogP contribution is 2.22. The minimum absolute atomic E-state index is 0.0516. The van der Waals surface area contributed by atoms with Crippen molar-refractivity contribution in [2.75, 3.05) is 25.5 Å². The second kappa shape index (κ2) is 7.07. The summed E-state index contributed by atoms with van der Waals surface area (Å²) in [5.74, 6) is 0. The molecule has 0 aliphatic carbocycles. The molecule has 1 N–H and O–H groups in total. The number of rotatable bonds is 4. The Hall–Kier alpha value is -2.66. The molecule has 5 heteroatoms. The smallest absolute Gasteiger partial charge is 0.178 e. The fourth-order valence-corrected chi connectivity index (χ4v) is 3.44. The Kier molecular flexibility index (Phi) is 4.48. The number of hydrogen-bond acceptors (Lipinski definition) is 5. The largest absolute Gasteiger partial charge is 0.381 e. The number of nitrogens with one attached hydrogen (secondary N) is 1. The Morgan fingerprint density at radius 2 is 1.88 bits per heavy atom. The normalized spacial score (nSPS) is 23.6. The van der Waals surface area contributed by atoms with Crippen LogP contribution in [0.15, 0.2) is 72.1 Å². The van der Waals surface area contributed by atoms with Gasteiger partial charge in [-0.15, -0.1) is 0 Å². The average Bonchev–Trinajstić information content (AvgIpc) is 3.12. The number of nitrogens with zero attached hydrogens (tertiary/aromatic N) is 4. The highest BCUT2D eigenvalue weighted by Gasteiger charge is 2.30. The highest BCUT2D eigenvalue weighted by molar-refractivity contribution is 6.08. The van der Waals surface area contributed by atoms with E-state index in [0.29, 0.717) is 6.04 Å². The number of aromatic nitrogens is 1. The van der Waals surface area contributed by atoms with Gasteiger partial charge in [0.05, 0.1) is 5.71 Å². The molecule has 0 amide bonds. The predicted molar refractivity (Wildman–Crippen MR) is 102 cm³/mol. The van der Waals surface area contributed by atoms with E-state index in [1.165, 1.54) is 5.69 Å². The third-order valence-corrected chi connectivity index (χ3v) is 4.75. The maximum absolute atomic E-state index is 4.98. The number of para-hydroxylation sites is 1. The Morgan fingerprint density at radius 1 is 1.08 bits per heavy atom. The van der Waals surface area contributed by atoms with Crippen molar-refractivity contribution in [1.29, 1.82) is 0 Å². The molecule has 0 radical (unpaired) electrons. The van der Waals surface area contributed by atoms with Gasteiger partial charge in [-0.25, -0.2) is 4.99 Å². The van der Waals surface area contributed by atoms with Gasteiger partial charge in [0, 0.05) is 56.0 Å². The van der Waals surface area contributed by atoms with E-state index in [0.717, 1.165) is 30.8 Å². The van der Waals surface area contributed by atoms with Crippen molar-refractivity contribution >= 4 is 11.4 Å². The van der Waals surface area contributed by atoms with Gasteiger partial charge in [0.15, 0.2) is 6.29 Å². The molecule has 2 aliphatic heterocycles. The van der Waals surface area contributed by atoms with E-state index < -0.39 is 0 Å². The second-order valence-corrected chi connectivity index (χ2v) is 6.57. The molecule has 4 rings (SSSR count). The quantitative estimate of drug-likeness (QED) is 0.934. The number of allylic oxidation sites excluding steroid dienone is 1. The average molecular weight is 333 g/mol. The number of aliphatic imine (C=N–C) groups is 1. The number of likely N-dealkylation sites (tertiary alicyclic amines) is 1. The molecule has 5 nitrogen and oxygen atoms in total. The van der Waals surface area contributed by atoms with Gasteiger partial charge in [0.25, 0.3) is 0 Å². The van der Waals surface area contributed by atoms with Crippen molar-refractivity contribution in [3.05, 3.63) is 72.7 Å². The van der Waals surface area contributed by atoms with Gasteiger partial charge in [0.1, 0.15) is 0 Å². The molecule has 2 atom stereocenters. The molecular formula is C20H23N5. The van der Waals surface area contributed by atoms with Crippen molar-refractivity contribution in [2.45, 2.75) is 18.8 Å². The van der Waals surface area contributed by atoms with Crippen LogP contribution in [0.1, 0.15) is 12.0 Å². The van der Waals surface area contributed by atoms with E-state index in [-0.39, 0.29) is 6.29 Å². The summed E-state index contributed by atoms with van der Waals surface area (Å²) < 4.78 is 0. The molecule has 2 aliphatic rings. The Labute approximate surface area is 148 Å². The lowest BCUT2D eigenvalue weighted by Gasteiger charge is -2.34. The maximum Gasteiger partial charge on any atom is 0.178 e. The standard InChI is InChI=1S/C20H23N5/c1-24-13-10-19(16-7-11-21-12-8-16)23-20(24)25-14-9-18(15-25)22-17-5-3-2-4-6-17/h2-8,10-13,18,20,22H,9,14-15H2,1H3/t18-,20?/m1/s1. The summed E-state index contributed by atoms with van der Waals surface area (Å²) in [5, 5.41) is 3.63. The van der Waals surface area contributed by atoms with Crippen molar-refractivity contribution in [1.82, 2.24) is 14.8 Å². The van der Waals surface area contributed by atoms with Crippen LogP contribution in [0.2, 0.25) is 0 Å². The number of pyridine rings is 1. The van der Waals surface area contributed by atoms with Crippen molar-refractivity contribution in [3.63, 3.8) is 0 Å². The maximum atomic E-state index is 4.98. The first kappa shape index (κ1) is 15.8. The highest BCUT2D eigenvalue weighted by atomic mass is 15.4. The van der Waals surface area contributed by atoms with Gasteiger partial charge in [0.2, 0.25) is 0 Å². The summed E-state index contributed by atoms with van der Waals surface area (Å²) in [5.41, 5.74) is 3.32. The molecule has 1 fully saturated rings. The SMILES string of the molecule is CN1C=CC(c2ccncc2)=NC1N1CC[C@@H](Nc2ccccc2)C1. The lowest BCUT2D eigenvalue weighted by Crippen LogP contribution is -2.44. The minimum Gasteiger partial charge on any atom is -0.381 e.